The lowest BCUT2D eigenvalue weighted by molar-refractivity contribution is -0.119. The Labute approximate surface area is 173 Å². The lowest BCUT2D eigenvalue weighted by Gasteiger charge is -2.14. The van der Waals surface area contributed by atoms with Crippen molar-refractivity contribution in [2.45, 2.75) is 38.0 Å². The summed E-state index contributed by atoms with van der Waals surface area (Å²) in [5.74, 6) is 0.698. The lowest BCUT2D eigenvalue weighted by atomic mass is 10.2. The van der Waals surface area contributed by atoms with E-state index in [1.165, 1.54) is 11.8 Å². The standard InChI is InChI=1S/C21H25N3O4S/c1-3-27-12-7-11-24-20(26)16-8-4-5-9-17(16)23-21(24)29-14-19(25)22-15(2)18-10-6-13-28-18/h4-6,8-10,13,15H,3,7,11-12,14H2,1-2H3,(H,22,25)/t15-/m0/s1. The number of rotatable bonds is 10. The molecule has 8 heteroatoms. The van der Waals surface area contributed by atoms with E-state index in [2.05, 4.69) is 10.3 Å². The molecule has 0 radical (unpaired) electrons. The molecule has 0 saturated carbocycles. The van der Waals surface area contributed by atoms with Crippen LogP contribution < -0.4 is 10.9 Å². The summed E-state index contributed by atoms with van der Waals surface area (Å²) in [6.07, 6.45) is 2.27. The second kappa shape index (κ2) is 10.3. The third kappa shape index (κ3) is 5.48. The summed E-state index contributed by atoms with van der Waals surface area (Å²) in [6.45, 7) is 5.50. The minimum Gasteiger partial charge on any atom is -0.467 e. The summed E-state index contributed by atoms with van der Waals surface area (Å²) in [4.78, 5) is 29.9. The molecule has 0 saturated heterocycles. The summed E-state index contributed by atoms with van der Waals surface area (Å²) in [5.41, 5.74) is 0.532. The predicted octanol–water partition coefficient (Wildman–Crippen LogP) is 3.39. The van der Waals surface area contributed by atoms with E-state index in [4.69, 9.17) is 9.15 Å². The highest BCUT2D eigenvalue weighted by Crippen LogP contribution is 2.19. The SMILES string of the molecule is CCOCCCn1c(SCC(=O)N[C@@H](C)c2ccco2)nc2ccccc2c1=O. The minimum atomic E-state index is -0.226. The Hall–Kier alpha value is -2.58. The smallest absolute Gasteiger partial charge is 0.262 e. The van der Waals surface area contributed by atoms with Gasteiger partial charge in [0.15, 0.2) is 5.16 Å². The number of hydrogen-bond donors (Lipinski definition) is 1. The van der Waals surface area contributed by atoms with Gasteiger partial charge >= 0.3 is 0 Å². The van der Waals surface area contributed by atoms with Crippen molar-refractivity contribution < 1.29 is 13.9 Å². The zero-order chi connectivity index (χ0) is 20.6. The van der Waals surface area contributed by atoms with Crippen LogP contribution in [0.5, 0.6) is 0 Å². The van der Waals surface area contributed by atoms with Crippen LogP contribution in [0.2, 0.25) is 0 Å². The van der Waals surface area contributed by atoms with Crippen LogP contribution in [0, 0.1) is 0 Å². The summed E-state index contributed by atoms with van der Waals surface area (Å²) >= 11 is 1.26. The highest BCUT2D eigenvalue weighted by Gasteiger charge is 2.15. The van der Waals surface area contributed by atoms with Gasteiger partial charge in [-0.1, -0.05) is 23.9 Å². The number of thioether (sulfide) groups is 1. The third-order valence-electron chi connectivity index (χ3n) is 4.38. The number of aromatic nitrogens is 2. The Morgan fingerprint density at radius 3 is 2.90 bits per heavy atom. The number of furan rings is 1. The van der Waals surface area contributed by atoms with E-state index in [1.54, 1.807) is 23.0 Å². The maximum absolute atomic E-state index is 12.9. The van der Waals surface area contributed by atoms with Gasteiger partial charge in [0.2, 0.25) is 5.91 Å². The summed E-state index contributed by atoms with van der Waals surface area (Å²) in [7, 11) is 0. The molecule has 7 nitrogen and oxygen atoms in total. The Morgan fingerprint density at radius 2 is 2.14 bits per heavy atom. The molecule has 0 aliphatic carbocycles. The van der Waals surface area contributed by atoms with Crippen LogP contribution in [-0.2, 0) is 16.1 Å². The zero-order valence-electron chi connectivity index (χ0n) is 16.6. The highest BCUT2D eigenvalue weighted by molar-refractivity contribution is 7.99. The Balaban J connectivity index is 1.74. The molecule has 0 aliphatic heterocycles. The zero-order valence-corrected chi connectivity index (χ0v) is 17.4. The van der Waals surface area contributed by atoms with Gasteiger partial charge in [0.25, 0.3) is 5.56 Å². The average Bonchev–Trinajstić information content (AvgIpc) is 3.26. The van der Waals surface area contributed by atoms with Crippen molar-refractivity contribution >= 4 is 28.6 Å². The normalized spacial score (nSPS) is 12.2. The van der Waals surface area contributed by atoms with Crippen molar-refractivity contribution in [2.24, 2.45) is 0 Å². The number of hydrogen-bond acceptors (Lipinski definition) is 6. The number of nitrogens with one attached hydrogen (secondary N) is 1. The molecule has 2 heterocycles. The van der Waals surface area contributed by atoms with Gasteiger partial charge < -0.3 is 14.5 Å². The summed E-state index contributed by atoms with van der Waals surface area (Å²) < 4.78 is 12.3. The molecule has 0 aliphatic rings. The summed E-state index contributed by atoms with van der Waals surface area (Å²) in [5, 5.41) is 4.00. The van der Waals surface area contributed by atoms with E-state index < -0.39 is 0 Å². The molecular weight excluding hydrogens is 390 g/mol. The van der Waals surface area contributed by atoms with Gasteiger partial charge in [0, 0.05) is 19.8 Å². The van der Waals surface area contributed by atoms with Crippen molar-refractivity contribution in [3.63, 3.8) is 0 Å². The molecule has 0 unspecified atom stereocenters. The number of ether oxygens (including phenoxy) is 1. The first-order valence-corrected chi connectivity index (χ1v) is 10.6. The van der Waals surface area contributed by atoms with Gasteiger partial charge in [-0.25, -0.2) is 4.98 Å². The van der Waals surface area contributed by atoms with Crippen LogP contribution in [0.15, 0.2) is 57.0 Å². The Morgan fingerprint density at radius 1 is 1.31 bits per heavy atom. The van der Waals surface area contributed by atoms with Crippen LogP contribution in [-0.4, -0.2) is 34.4 Å². The third-order valence-corrected chi connectivity index (χ3v) is 5.36. The highest BCUT2D eigenvalue weighted by atomic mass is 32.2. The van der Waals surface area contributed by atoms with Gasteiger partial charge in [-0.3, -0.25) is 14.2 Å². The molecule has 3 rings (SSSR count). The largest absolute Gasteiger partial charge is 0.467 e. The van der Waals surface area contributed by atoms with E-state index >= 15 is 0 Å². The van der Waals surface area contributed by atoms with Gasteiger partial charge in [0.1, 0.15) is 5.76 Å². The van der Waals surface area contributed by atoms with E-state index in [-0.39, 0.29) is 23.3 Å². The fraction of sp³-hybridized carbons (Fsp3) is 0.381. The minimum absolute atomic E-state index is 0.0982. The Bertz CT molecular complexity index is 1000. The molecule has 2 aromatic heterocycles. The van der Waals surface area contributed by atoms with Crippen LogP contribution in [0.1, 0.15) is 32.1 Å². The fourth-order valence-electron chi connectivity index (χ4n) is 2.95. The second-order valence-corrected chi connectivity index (χ2v) is 7.45. The quantitative estimate of drug-likeness (QED) is 0.310. The van der Waals surface area contributed by atoms with Crippen LogP contribution in [0.4, 0.5) is 0 Å². The summed E-state index contributed by atoms with van der Waals surface area (Å²) in [6, 6.07) is 10.6. The molecule has 0 fully saturated rings. The molecule has 1 atom stereocenters. The number of para-hydroxylation sites is 1. The van der Waals surface area contributed by atoms with Gasteiger partial charge in [-0.2, -0.15) is 0 Å². The van der Waals surface area contributed by atoms with Crippen molar-refractivity contribution in [3.8, 4) is 0 Å². The average molecular weight is 416 g/mol. The molecule has 29 heavy (non-hydrogen) atoms. The monoisotopic (exact) mass is 415 g/mol. The van der Waals surface area contributed by atoms with Gasteiger partial charge in [-0.05, 0) is 44.5 Å². The van der Waals surface area contributed by atoms with Crippen molar-refractivity contribution in [1.82, 2.24) is 14.9 Å². The van der Waals surface area contributed by atoms with Crippen LogP contribution >= 0.6 is 11.8 Å². The van der Waals surface area contributed by atoms with Crippen LogP contribution in [0.25, 0.3) is 10.9 Å². The number of fused-ring (bicyclic) bond motifs is 1. The fourth-order valence-corrected chi connectivity index (χ4v) is 3.78. The number of carbonyl (C=O) groups excluding carboxylic acids is 1. The molecule has 3 aromatic rings. The molecule has 1 aromatic carbocycles. The molecular formula is C21H25N3O4S. The van der Waals surface area contributed by atoms with E-state index in [0.717, 1.165) is 0 Å². The number of nitrogens with zero attached hydrogens (tertiary/aromatic N) is 2. The molecule has 0 spiro atoms. The van der Waals surface area contributed by atoms with Gasteiger partial charge in [0.05, 0.1) is 29.0 Å². The van der Waals surface area contributed by atoms with Crippen molar-refractivity contribution in [3.05, 3.63) is 58.8 Å². The maximum Gasteiger partial charge on any atom is 0.262 e. The predicted molar refractivity (Wildman–Crippen MR) is 113 cm³/mol. The van der Waals surface area contributed by atoms with E-state index in [9.17, 15) is 9.59 Å². The lowest BCUT2D eigenvalue weighted by Crippen LogP contribution is -2.29. The second-order valence-electron chi connectivity index (χ2n) is 6.51. The Kier molecular flexibility index (Phi) is 7.48. The number of carbonyl (C=O) groups is 1. The first kappa shape index (κ1) is 21.1. The first-order chi connectivity index (χ1) is 14.1. The maximum atomic E-state index is 12.9. The van der Waals surface area contributed by atoms with Crippen molar-refractivity contribution in [2.75, 3.05) is 19.0 Å². The topological polar surface area (TPSA) is 86.4 Å². The van der Waals surface area contributed by atoms with Crippen molar-refractivity contribution in [1.29, 1.82) is 0 Å². The molecule has 0 bridgehead atoms. The van der Waals surface area contributed by atoms with Crippen LogP contribution in [0.3, 0.4) is 0 Å². The molecule has 1 amide bonds. The van der Waals surface area contributed by atoms with E-state index in [0.29, 0.717) is 48.0 Å². The van der Waals surface area contributed by atoms with Gasteiger partial charge in [-0.15, -0.1) is 0 Å². The van der Waals surface area contributed by atoms with E-state index in [1.807, 2.05) is 38.1 Å². The number of amides is 1. The molecule has 1 N–H and O–H groups in total. The number of benzene rings is 1. The first-order valence-electron chi connectivity index (χ1n) is 9.63. The molecule has 154 valence electrons.